The molecule has 1 aromatic heterocycles. The molecule has 4 nitrogen and oxygen atoms in total. The van der Waals surface area contributed by atoms with E-state index in [0.717, 1.165) is 17.5 Å². The van der Waals surface area contributed by atoms with E-state index in [0.29, 0.717) is 12.0 Å². The van der Waals surface area contributed by atoms with Crippen LogP contribution in [0, 0.1) is 17.8 Å². The van der Waals surface area contributed by atoms with Crippen molar-refractivity contribution in [2.24, 2.45) is 23.5 Å². The molecule has 0 saturated heterocycles. The fourth-order valence-electron chi connectivity index (χ4n) is 3.08. The van der Waals surface area contributed by atoms with Crippen molar-refractivity contribution in [1.29, 1.82) is 0 Å². The Morgan fingerprint density at radius 2 is 1.83 bits per heavy atom. The predicted molar refractivity (Wildman–Crippen MR) is 73.0 cm³/mol. The molecular formula is C14H26N4. The third kappa shape index (κ3) is 2.91. The largest absolute Gasteiger partial charge is 0.322 e. The first-order chi connectivity index (χ1) is 8.47. The maximum absolute atomic E-state index is 6.12. The average molecular weight is 250 g/mol. The van der Waals surface area contributed by atoms with Crippen LogP contribution in [-0.2, 0) is 0 Å². The molecule has 4 heteroatoms. The van der Waals surface area contributed by atoms with Gasteiger partial charge >= 0.3 is 0 Å². The number of nitrogens with zero attached hydrogens (tertiary/aromatic N) is 3. The second kappa shape index (κ2) is 5.39. The van der Waals surface area contributed by atoms with Crippen LogP contribution < -0.4 is 5.73 Å². The zero-order chi connectivity index (χ0) is 13.3. The number of rotatable bonds is 3. The molecule has 3 atom stereocenters. The van der Waals surface area contributed by atoms with Gasteiger partial charge in [-0.25, -0.2) is 4.68 Å². The van der Waals surface area contributed by atoms with E-state index in [1.54, 1.807) is 0 Å². The molecule has 1 fully saturated rings. The molecule has 0 bridgehead atoms. The minimum Gasteiger partial charge on any atom is -0.322 e. The van der Waals surface area contributed by atoms with Gasteiger partial charge in [0, 0.05) is 0 Å². The Morgan fingerprint density at radius 3 is 2.39 bits per heavy atom. The van der Waals surface area contributed by atoms with Crippen molar-refractivity contribution in [3.05, 3.63) is 11.9 Å². The Kier molecular flexibility index (Phi) is 4.05. The molecule has 1 aliphatic rings. The molecule has 1 heterocycles. The van der Waals surface area contributed by atoms with Crippen LogP contribution in [0.25, 0.3) is 0 Å². The summed E-state index contributed by atoms with van der Waals surface area (Å²) in [4.78, 5) is 0. The van der Waals surface area contributed by atoms with Gasteiger partial charge in [0.15, 0.2) is 0 Å². The molecule has 1 saturated carbocycles. The molecular weight excluding hydrogens is 224 g/mol. The van der Waals surface area contributed by atoms with Crippen molar-refractivity contribution in [1.82, 2.24) is 15.0 Å². The van der Waals surface area contributed by atoms with Gasteiger partial charge in [-0.05, 0) is 37.0 Å². The standard InChI is InChI=1S/C14H26N4/c1-9(2)14(15)13-8-18(17-16-13)12-6-10(3)5-11(4)7-12/h8-12,14H,5-7,15H2,1-4H3. The minimum absolute atomic E-state index is 0.00260. The van der Waals surface area contributed by atoms with Gasteiger partial charge in [0.1, 0.15) is 0 Å². The summed E-state index contributed by atoms with van der Waals surface area (Å²) in [6.07, 6.45) is 5.82. The van der Waals surface area contributed by atoms with Crippen LogP contribution in [0.1, 0.15) is 64.7 Å². The maximum atomic E-state index is 6.12. The average Bonchev–Trinajstić information content (AvgIpc) is 2.75. The second-order valence-corrected chi connectivity index (χ2v) is 6.46. The Hall–Kier alpha value is -0.900. The number of hydrogen-bond donors (Lipinski definition) is 1. The molecule has 0 amide bonds. The van der Waals surface area contributed by atoms with Gasteiger partial charge in [-0.1, -0.05) is 32.9 Å². The summed E-state index contributed by atoms with van der Waals surface area (Å²) in [7, 11) is 0. The summed E-state index contributed by atoms with van der Waals surface area (Å²) < 4.78 is 2.05. The molecule has 1 aliphatic carbocycles. The van der Waals surface area contributed by atoms with Gasteiger partial charge in [-0.3, -0.25) is 0 Å². The predicted octanol–water partition coefficient (Wildman–Crippen LogP) is 2.93. The fourth-order valence-corrected chi connectivity index (χ4v) is 3.08. The van der Waals surface area contributed by atoms with E-state index >= 15 is 0 Å². The summed E-state index contributed by atoms with van der Waals surface area (Å²) >= 11 is 0. The van der Waals surface area contributed by atoms with Crippen molar-refractivity contribution < 1.29 is 0 Å². The lowest BCUT2D eigenvalue weighted by Gasteiger charge is -2.31. The summed E-state index contributed by atoms with van der Waals surface area (Å²) in [5, 5.41) is 8.55. The molecule has 2 N–H and O–H groups in total. The molecule has 0 aliphatic heterocycles. The molecule has 0 radical (unpaired) electrons. The Balaban J connectivity index is 2.09. The number of nitrogens with two attached hydrogens (primary N) is 1. The van der Waals surface area contributed by atoms with Crippen molar-refractivity contribution in [3.8, 4) is 0 Å². The Morgan fingerprint density at radius 1 is 1.22 bits per heavy atom. The van der Waals surface area contributed by atoms with Crippen LogP contribution in [0.15, 0.2) is 6.20 Å². The summed E-state index contributed by atoms with van der Waals surface area (Å²) in [6, 6.07) is 0.501. The van der Waals surface area contributed by atoms with Gasteiger partial charge in [0.05, 0.1) is 24.0 Å². The molecule has 2 rings (SSSR count). The van der Waals surface area contributed by atoms with Crippen LogP contribution in [-0.4, -0.2) is 15.0 Å². The quantitative estimate of drug-likeness (QED) is 0.897. The third-order valence-corrected chi connectivity index (χ3v) is 4.12. The van der Waals surface area contributed by atoms with Crippen LogP contribution in [0.2, 0.25) is 0 Å². The highest BCUT2D eigenvalue weighted by Crippen LogP contribution is 2.35. The monoisotopic (exact) mass is 250 g/mol. The minimum atomic E-state index is -0.00260. The van der Waals surface area contributed by atoms with Crippen molar-refractivity contribution in [3.63, 3.8) is 0 Å². The van der Waals surface area contributed by atoms with Crippen LogP contribution >= 0.6 is 0 Å². The number of aromatic nitrogens is 3. The first-order valence-electron chi connectivity index (χ1n) is 7.14. The van der Waals surface area contributed by atoms with Crippen molar-refractivity contribution >= 4 is 0 Å². The molecule has 0 aromatic carbocycles. The second-order valence-electron chi connectivity index (χ2n) is 6.46. The smallest absolute Gasteiger partial charge is 0.0996 e. The zero-order valence-electron chi connectivity index (χ0n) is 12.0. The molecule has 102 valence electrons. The van der Waals surface area contributed by atoms with Crippen molar-refractivity contribution in [2.75, 3.05) is 0 Å². The zero-order valence-corrected chi connectivity index (χ0v) is 12.0. The highest BCUT2D eigenvalue weighted by Gasteiger charge is 2.26. The van der Waals surface area contributed by atoms with Crippen LogP contribution in [0.5, 0.6) is 0 Å². The van der Waals surface area contributed by atoms with Crippen molar-refractivity contribution in [2.45, 2.75) is 59.0 Å². The van der Waals surface area contributed by atoms with E-state index in [9.17, 15) is 0 Å². The lowest BCUT2D eigenvalue weighted by atomic mass is 9.80. The molecule has 1 aromatic rings. The van der Waals surface area contributed by atoms with Crippen LogP contribution in [0.4, 0.5) is 0 Å². The topological polar surface area (TPSA) is 56.7 Å². The van der Waals surface area contributed by atoms with E-state index in [1.165, 1.54) is 19.3 Å². The molecule has 3 unspecified atom stereocenters. The van der Waals surface area contributed by atoms with E-state index in [-0.39, 0.29) is 6.04 Å². The van der Waals surface area contributed by atoms with Crippen LogP contribution in [0.3, 0.4) is 0 Å². The highest BCUT2D eigenvalue weighted by molar-refractivity contribution is 5.01. The lowest BCUT2D eigenvalue weighted by molar-refractivity contribution is 0.208. The summed E-state index contributed by atoms with van der Waals surface area (Å²) in [6.45, 7) is 8.91. The normalized spacial score (nSPS) is 30.7. The first-order valence-corrected chi connectivity index (χ1v) is 7.14. The number of hydrogen-bond acceptors (Lipinski definition) is 3. The summed E-state index contributed by atoms with van der Waals surface area (Å²) in [5.74, 6) is 1.97. The maximum Gasteiger partial charge on any atom is 0.0996 e. The molecule has 0 spiro atoms. The first kappa shape index (κ1) is 13.5. The Labute approximate surface area is 110 Å². The van der Waals surface area contributed by atoms with E-state index in [1.807, 2.05) is 4.68 Å². The summed E-state index contributed by atoms with van der Waals surface area (Å²) in [5.41, 5.74) is 7.05. The van der Waals surface area contributed by atoms with Gasteiger partial charge in [-0.2, -0.15) is 0 Å². The third-order valence-electron chi connectivity index (χ3n) is 4.12. The molecule has 18 heavy (non-hydrogen) atoms. The van der Waals surface area contributed by atoms with Gasteiger partial charge in [-0.15, -0.1) is 5.10 Å². The lowest BCUT2D eigenvalue weighted by Crippen LogP contribution is -2.23. The SMILES string of the molecule is CC1CC(C)CC(n2cc(C(N)C(C)C)nn2)C1. The highest BCUT2D eigenvalue weighted by atomic mass is 15.4. The van der Waals surface area contributed by atoms with Gasteiger partial charge in [0.25, 0.3) is 0 Å². The van der Waals surface area contributed by atoms with E-state index in [4.69, 9.17) is 5.73 Å². The Bertz CT molecular complexity index is 375. The van der Waals surface area contributed by atoms with E-state index < -0.39 is 0 Å². The van der Waals surface area contributed by atoms with Gasteiger partial charge < -0.3 is 5.73 Å². The van der Waals surface area contributed by atoms with Gasteiger partial charge in [0.2, 0.25) is 0 Å². The van der Waals surface area contributed by atoms with E-state index in [2.05, 4.69) is 44.2 Å². The fraction of sp³-hybridized carbons (Fsp3) is 0.857.